The van der Waals surface area contributed by atoms with Gasteiger partial charge in [0, 0.05) is 5.56 Å². The molecule has 1 aromatic heterocycles. The predicted octanol–water partition coefficient (Wildman–Crippen LogP) is 5.31. The number of ether oxygens (including phenoxy) is 2. The minimum atomic E-state index is -0.727. The molecule has 0 aliphatic heterocycles. The molecule has 0 aliphatic carbocycles. The van der Waals surface area contributed by atoms with Gasteiger partial charge in [0.05, 0.1) is 18.0 Å². The lowest BCUT2D eigenvalue weighted by Gasteiger charge is -2.13. The molecule has 0 aliphatic rings. The summed E-state index contributed by atoms with van der Waals surface area (Å²) in [5.74, 6) is 0.416. The molecule has 2 aromatic carbocycles. The summed E-state index contributed by atoms with van der Waals surface area (Å²) in [6.45, 7) is 10.1. The second-order valence-electron chi connectivity index (χ2n) is 6.57. The van der Waals surface area contributed by atoms with E-state index in [0.717, 1.165) is 28.1 Å². The normalized spacial score (nSPS) is 10.7. The van der Waals surface area contributed by atoms with Crippen molar-refractivity contribution in [2.45, 2.75) is 34.6 Å². The Morgan fingerprint density at radius 3 is 2.26 bits per heavy atom. The molecule has 0 atom stereocenters. The molecular formula is C22H24N2O3. The molecule has 140 valence electrons. The maximum atomic E-state index is 12.0. The van der Waals surface area contributed by atoms with E-state index in [9.17, 15) is 4.79 Å². The van der Waals surface area contributed by atoms with Gasteiger partial charge in [0.2, 0.25) is 0 Å². The largest absolute Gasteiger partial charge is 0.513 e. The van der Waals surface area contributed by atoms with Crippen molar-refractivity contribution in [1.29, 1.82) is 0 Å². The summed E-state index contributed by atoms with van der Waals surface area (Å²) in [4.78, 5) is 12.0. The third-order valence-corrected chi connectivity index (χ3v) is 4.40. The number of rotatable bonds is 4. The van der Waals surface area contributed by atoms with Crippen LogP contribution in [0, 0.1) is 27.7 Å². The molecule has 0 spiro atoms. The summed E-state index contributed by atoms with van der Waals surface area (Å²) in [7, 11) is 0. The van der Waals surface area contributed by atoms with Gasteiger partial charge in [0.15, 0.2) is 5.75 Å². The zero-order valence-corrected chi connectivity index (χ0v) is 16.4. The summed E-state index contributed by atoms with van der Waals surface area (Å²) in [6, 6.07) is 13.9. The maximum absolute atomic E-state index is 12.0. The number of carbonyl (C=O) groups is 1. The standard InChI is InChI=1S/C22H24N2O3/c1-6-26-22(25)27-21-17(5)24(20-15(3)12-14(2)13-16(20)4)23-19(21)18-10-8-7-9-11-18/h7-13H,6H2,1-5H3. The summed E-state index contributed by atoms with van der Waals surface area (Å²) < 4.78 is 12.4. The first-order valence-electron chi connectivity index (χ1n) is 9.00. The van der Waals surface area contributed by atoms with Gasteiger partial charge in [-0.3, -0.25) is 0 Å². The molecule has 5 nitrogen and oxygen atoms in total. The number of hydrogen-bond acceptors (Lipinski definition) is 4. The highest BCUT2D eigenvalue weighted by molar-refractivity contribution is 5.74. The van der Waals surface area contributed by atoms with Crippen LogP contribution in [0.3, 0.4) is 0 Å². The smallest absolute Gasteiger partial charge is 0.434 e. The van der Waals surface area contributed by atoms with E-state index in [0.29, 0.717) is 11.4 Å². The van der Waals surface area contributed by atoms with Crippen molar-refractivity contribution >= 4 is 6.16 Å². The monoisotopic (exact) mass is 364 g/mol. The molecule has 27 heavy (non-hydrogen) atoms. The average molecular weight is 364 g/mol. The van der Waals surface area contributed by atoms with Crippen LogP contribution in [0.15, 0.2) is 42.5 Å². The van der Waals surface area contributed by atoms with Crippen LogP contribution < -0.4 is 4.74 Å². The van der Waals surface area contributed by atoms with E-state index < -0.39 is 6.16 Å². The van der Waals surface area contributed by atoms with E-state index in [1.807, 2.05) is 41.9 Å². The maximum Gasteiger partial charge on any atom is 0.513 e. The lowest BCUT2D eigenvalue weighted by molar-refractivity contribution is 0.104. The second-order valence-corrected chi connectivity index (χ2v) is 6.57. The van der Waals surface area contributed by atoms with Crippen LogP contribution in [0.4, 0.5) is 4.79 Å². The van der Waals surface area contributed by atoms with Crippen molar-refractivity contribution in [1.82, 2.24) is 9.78 Å². The summed E-state index contributed by atoms with van der Waals surface area (Å²) >= 11 is 0. The fraction of sp³-hybridized carbons (Fsp3) is 0.273. The molecule has 0 fully saturated rings. The zero-order valence-electron chi connectivity index (χ0n) is 16.4. The molecular weight excluding hydrogens is 340 g/mol. The van der Waals surface area contributed by atoms with E-state index in [4.69, 9.17) is 14.6 Å². The Balaban J connectivity index is 2.20. The van der Waals surface area contributed by atoms with Gasteiger partial charge in [-0.1, -0.05) is 48.0 Å². The number of hydrogen-bond donors (Lipinski definition) is 0. The van der Waals surface area contributed by atoms with Crippen molar-refractivity contribution in [3.63, 3.8) is 0 Å². The third kappa shape index (κ3) is 3.72. The Morgan fingerprint density at radius 2 is 1.67 bits per heavy atom. The second kappa shape index (κ2) is 7.66. The highest BCUT2D eigenvalue weighted by Gasteiger charge is 2.23. The highest BCUT2D eigenvalue weighted by Crippen LogP contribution is 2.35. The minimum absolute atomic E-state index is 0.253. The van der Waals surface area contributed by atoms with Crippen LogP contribution in [0.25, 0.3) is 16.9 Å². The molecule has 0 amide bonds. The lowest BCUT2D eigenvalue weighted by atomic mass is 10.1. The quantitative estimate of drug-likeness (QED) is 0.589. The summed E-state index contributed by atoms with van der Waals surface area (Å²) in [6.07, 6.45) is -0.727. The minimum Gasteiger partial charge on any atom is -0.434 e. The molecule has 0 radical (unpaired) electrons. The number of aromatic nitrogens is 2. The van der Waals surface area contributed by atoms with Gasteiger partial charge in [-0.25, -0.2) is 9.48 Å². The van der Waals surface area contributed by atoms with Crippen molar-refractivity contribution in [3.05, 3.63) is 64.8 Å². The van der Waals surface area contributed by atoms with Gasteiger partial charge in [0.25, 0.3) is 0 Å². The number of carbonyl (C=O) groups excluding carboxylic acids is 1. The first-order valence-corrected chi connectivity index (χ1v) is 9.00. The van der Waals surface area contributed by atoms with Crippen LogP contribution in [-0.4, -0.2) is 22.5 Å². The fourth-order valence-corrected chi connectivity index (χ4v) is 3.35. The predicted molar refractivity (Wildman–Crippen MR) is 106 cm³/mol. The van der Waals surface area contributed by atoms with Crippen LogP contribution in [0.5, 0.6) is 5.75 Å². The van der Waals surface area contributed by atoms with Crippen molar-refractivity contribution in [2.75, 3.05) is 6.61 Å². The molecule has 0 bridgehead atoms. The van der Waals surface area contributed by atoms with Crippen LogP contribution in [0.2, 0.25) is 0 Å². The molecule has 0 N–H and O–H groups in total. The third-order valence-electron chi connectivity index (χ3n) is 4.40. The molecule has 0 unspecified atom stereocenters. The Kier molecular flexibility index (Phi) is 5.31. The number of nitrogens with zero attached hydrogens (tertiary/aromatic N) is 2. The highest BCUT2D eigenvalue weighted by atomic mass is 16.7. The molecule has 5 heteroatoms. The topological polar surface area (TPSA) is 53.4 Å². The van der Waals surface area contributed by atoms with Gasteiger partial charge in [-0.15, -0.1) is 0 Å². The van der Waals surface area contributed by atoms with E-state index in [2.05, 4.69) is 32.9 Å². The molecule has 3 rings (SSSR count). The molecule has 3 aromatic rings. The van der Waals surface area contributed by atoms with Gasteiger partial charge < -0.3 is 9.47 Å². The van der Waals surface area contributed by atoms with Crippen molar-refractivity contribution < 1.29 is 14.3 Å². The Labute approximate surface area is 159 Å². The SMILES string of the molecule is CCOC(=O)Oc1c(-c2ccccc2)nn(-c2c(C)cc(C)cc2C)c1C. The van der Waals surface area contributed by atoms with Gasteiger partial charge in [-0.2, -0.15) is 5.10 Å². The number of benzene rings is 2. The van der Waals surface area contributed by atoms with Gasteiger partial charge >= 0.3 is 6.16 Å². The number of aryl methyl sites for hydroxylation is 3. The van der Waals surface area contributed by atoms with Crippen LogP contribution in [-0.2, 0) is 4.74 Å². The van der Waals surface area contributed by atoms with Crippen LogP contribution in [0.1, 0.15) is 29.3 Å². The van der Waals surface area contributed by atoms with Gasteiger partial charge in [0.1, 0.15) is 5.69 Å². The Hall–Kier alpha value is -3.08. The summed E-state index contributed by atoms with van der Waals surface area (Å²) in [5.41, 5.74) is 6.65. The van der Waals surface area contributed by atoms with E-state index >= 15 is 0 Å². The molecule has 1 heterocycles. The Morgan fingerprint density at radius 1 is 1.04 bits per heavy atom. The van der Waals surface area contributed by atoms with Crippen LogP contribution >= 0.6 is 0 Å². The Bertz CT molecular complexity index is 952. The fourth-order valence-electron chi connectivity index (χ4n) is 3.35. The van der Waals surface area contributed by atoms with Crippen molar-refractivity contribution in [2.24, 2.45) is 0 Å². The zero-order chi connectivity index (χ0) is 19.6. The van der Waals surface area contributed by atoms with E-state index in [1.165, 1.54) is 5.56 Å². The van der Waals surface area contributed by atoms with E-state index in [1.54, 1.807) is 6.92 Å². The lowest BCUT2D eigenvalue weighted by Crippen LogP contribution is -2.11. The van der Waals surface area contributed by atoms with Gasteiger partial charge in [-0.05, 0) is 45.7 Å². The molecule has 0 saturated carbocycles. The first kappa shape index (κ1) is 18.7. The average Bonchev–Trinajstić information content (AvgIpc) is 2.92. The van der Waals surface area contributed by atoms with Crippen molar-refractivity contribution in [3.8, 4) is 22.7 Å². The first-order chi connectivity index (χ1) is 12.9. The van der Waals surface area contributed by atoms with E-state index in [-0.39, 0.29) is 6.61 Å². The summed E-state index contributed by atoms with van der Waals surface area (Å²) in [5, 5.41) is 4.80. The molecule has 0 saturated heterocycles.